The van der Waals surface area contributed by atoms with Crippen LogP contribution in [0.25, 0.3) is 0 Å². The van der Waals surface area contributed by atoms with Crippen LogP contribution >= 0.6 is 0 Å². The molecule has 2 saturated heterocycles. The minimum absolute atomic E-state index is 0.0816. The van der Waals surface area contributed by atoms with Crippen LogP contribution in [0.2, 0.25) is 0 Å². The minimum atomic E-state index is -3.50. The van der Waals surface area contributed by atoms with Gasteiger partial charge in [-0.05, 0) is 68.4 Å². The van der Waals surface area contributed by atoms with Gasteiger partial charge in [-0.2, -0.15) is 4.31 Å². The minimum Gasteiger partial charge on any atom is -0.453 e. The number of carbonyl (C=O) groups is 2. The third-order valence-electron chi connectivity index (χ3n) is 8.23. The molecule has 4 atom stereocenters. The van der Waals surface area contributed by atoms with Gasteiger partial charge in [0.05, 0.1) is 13.4 Å². The number of nitrogens with one attached hydrogen (secondary N) is 3. The summed E-state index contributed by atoms with van der Waals surface area (Å²) in [6.45, 7) is 3.70. The van der Waals surface area contributed by atoms with Gasteiger partial charge in [0, 0.05) is 55.6 Å². The first-order valence-electron chi connectivity index (χ1n) is 14.4. The van der Waals surface area contributed by atoms with Crippen LogP contribution in [-0.2, 0) is 30.7 Å². The molecule has 0 saturated carbocycles. The standard InChI is InChI=1S/C30H40F2N4O6S/c1-19-17-33-18-23(36(19)43(3,39)40)11-12-24-25(32)5-4-6-26(24)34-29(37)28(35-30(38)41-2)27(21-13-15-42-16-14-21)20-7-9-22(31)10-8-20/h4-10,19,21,23,27-28,33H,11-18H2,1-3H3,(H,34,37)(H,35,38)/t19-,23-,27-,28-/m0/s1. The molecule has 10 nitrogen and oxygen atoms in total. The van der Waals surface area contributed by atoms with Crippen molar-refractivity contribution >= 4 is 27.7 Å². The first-order valence-corrected chi connectivity index (χ1v) is 16.3. The van der Waals surface area contributed by atoms with Gasteiger partial charge in [0.15, 0.2) is 0 Å². The Kier molecular flexibility index (Phi) is 11.1. The summed E-state index contributed by atoms with van der Waals surface area (Å²) in [7, 11) is -2.31. The first kappa shape index (κ1) is 32.8. The Bertz CT molecular complexity index is 1370. The SMILES string of the molecule is COC(=O)N[C@H](C(=O)Nc1cccc(F)c1CC[C@H]1CNC[C@H](C)N1S(C)(=O)=O)[C@@H](c1ccc(F)cc1)C1CCOCC1. The Morgan fingerprint density at radius 2 is 1.81 bits per heavy atom. The highest BCUT2D eigenvalue weighted by Gasteiger charge is 2.38. The van der Waals surface area contributed by atoms with Crippen LogP contribution in [0.4, 0.5) is 19.3 Å². The molecule has 2 heterocycles. The molecule has 3 N–H and O–H groups in total. The zero-order chi connectivity index (χ0) is 31.1. The summed E-state index contributed by atoms with van der Waals surface area (Å²) >= 11 is 0. The van der Waals surface area contributed by atoms with Gasteiger partial charge in [-0.3, -0.25) is 4.79 Å². The summed E-state index contributed by atoms with van der Waals surface area (Å²) in [5.41, 5.74) is 1.10. The van der Waals surface area contributed by atoms with Gasteiger partial charge >= 0.3 is 6.09 Å². The number of methoxy groups -OCH3 is 1. The van der Waals surface area contributed by atoms with Gasteiger partial charge in [-0.1, -0.05) is 18.2 Å². The maximum absolute atomic E-state index is 15.2. The Morgan fingerprint density at radius 1 is 1.12 bits per heavy atom. The predicted molar refractivity (Wildman–Crippen MR) is 158 cm³/mol. The molecule has 0 aromatic heterocycles. The number of carbonyl (C=O) groups excluding carboxylic acids is 2. The molecule has 2 aromatic carbocycles. The summed E-state index contributed by atoms with van der Waals surface area (Å²) in [5, 5.41) is 8.71. The Balaban J connectivity index is 1.63. The molecule has 2 amide bonds. The van der Waals surface area contributed by atoms with E-state index in [9.17, 15) is 22.4 Å². The van der Waals surface area contributed by atoms with E-state index in [0.717, 1.165) is 0 Å². The molecule has 0 spiro atoms. The van der Waals surface area contributed by atoms with Gasteiger partial charge in [0.2, 0.25) is 15.9 Å². The van der Waals surface area contributed by atoms with Crippen molar-refractivity contribution in [2.24, 2.45) is 5.92 Å². The number of halogens is 2. The third-order valence-corrected chi connectivity index (χ3v) is 9.65. The third kappa shape index (κ3) is 8.28. The van der Waals surface area contributed by atoms with Crippen LogP contribution in [0.1, 0.15) is 43.2 Å². The number of alkyl carbamates (subject to hydrolysis) is 1. The number of hydrogen-bond acceptors (Lipinski definition) is 7. The normalized spacial score (nSPS) is 21.5. The highest BCUT2D eigenvalue weighted by atomic mass is 32.2. The molecular formula is C30H40F2N4O6S. The second-order valence-corrected chi connectivity index (χ2v) is 13.1. The van der Waals surface area contributed by atoms with Gasteiger partial charge in [0.1, 0.15) is 17.7 Å². The van der Waals surface area contributed by atoms with Crippen molar-refractivity contribution in [2.45, 2.75) is 56.7 Å². The van der Waals surface area contributed by atoms with Crippen molar-refractivity contribution in [3.8, 4) is 0 Å². The molecule has 43 heavy (non-hydrogen) atoms. The zero-order valence-corrected chi connectivity index (χ0v) is 25.5. The number of sulfonamides is 1. The Hall–Kier alpha value is -3.13. The molecule has 13 heteroatoms. The zero-order valence-electron chi connectivity index (χ0n) is 24.6. The van der Waals surface area contributed by atoms with Crippen molar-refractivity contribution in [1.29, 1.82) is 0 Å². The van der Waals surface area contributed by atoms with E-state index >= 15 is 4.39 Å². The summed E-state index contributed by atoms with van der Waals surface area (Å²) < 4.78 is 65.9. The van der Waals surface area contributed by atoms with Crippen LogP contribution in [-0.4, -0.2) is 82.5 Å². The number of anilines is 1. The van der Waals surface area contributed by atoms with E-state index in [1.807, 2.05) is 6.92 Å². The van der Waals surface area contributed by atoms with Gasteiger partial charge in [0.25, 0.3) is 0 Å². The highest BCUT2D eigenvalue weighted by molar-refractivity contribution is 7.88. The van der Waals surface area contributed by atoms with Crippen LogP contribution < -0.4 is 16.0 Å². The van der Waals surface area contributed by atoms with E-state index in [1.165, 1.54) is 41.9 Å². The predicted octanol–water partition coefficient (Wildman–Crippen LogP) is 3.39. The summed E-state index contributed by atoms with van der Waals surface area (Å²) in [6, 6.07) is 8.34. The van der Waals surface area contributed by atoms with Gasteiger partial charge in [-0.25, -0.2) is 22.0 Å². The maximum atomic E-state index is 15.2. The Morgan fingerprint density at radius 3 is 2.47 bits per heavy atom. The van der Waals surface area contributed by atoms with Crippen LogP contribution in [0.15, 0.2) is 42.5 Å². The van der Waals surface area contributed by atoms with Crippen molar-refractivity contribution < 1.29 is 36.3 Å². The lowest BCUT2D eigenvalue weighted by Crippen LogP contribution is -2.58. The molecule has 0 aliphatic carbocycles. The fourth-order valence-corrected chi connectivity index (χ4v) is 7.73. The van der Waals surface area contributed by atoms with Crippen molar-refractivity contribution in [3.05, 3.63) is 65.2 Å². The average molecular weight is 623 g/mol. The number of hydrogen-bond donors (Lipinski definition) is 3. The fraction of sp³-hybridized carbons (Fsp3) is 0.533. The number of piperazine rings is 1. The van der Waals surface area contributed by atoms with Gasteiger partial charge in [-0.15, -0.1) is 0 Å². The van der Waals surface area contributed by atoms with E-state index in [1.54, 1.807) is 18.2 Å². The summed E-state index contributed by atoms with van der Waals surface area (Å²) in [5.74, 6) is -2.21. The second kappa shape index (κ2) is 14.6. The van der Waals surface area contributed by atoms with Crippen molar-refractivity contribution in [2.75, 3.05) is 45.0 Å². The topological polar surface area (TPSA) is 126 Å². The van der Waals surface area contributed by atoms with Crippen LogP contribution in [0.5, 0.6) is 0 Å². The molecule has 0 radical (unpaired) electrons. The number of amides is 2. The number of benzene rings is 2. The molecule has 0 unspecified atom stereocenters. The number of nitrogens with zero attached hydrogens (tertiary/aromatic N) is 1. The molecular weight excluding hydrogens is 582 g/mol. The molecule has 2 aliphatic rings. The quantitative estimate of drug-likeness (QED) is 0.371. The van der Waals surface area contributed by atoms with E-state index in [4.69, 9.17) is 9.47 Å². The van der Waals surface area contributed by atoms with E-state index in [2.05, 4.69) is 16.0 Å². The molecule has 2 fully saturated rings. The monoisotopic (exact) mass is 622 g/mol. The van der Waals surface area contributed by atoms with E-state index in [-0.39, 0.29) is 29.6 Å². The lowest BCUT2D eigenvalue weighted by atomic mass is 9.76. The van der Waals surface area contributed by atoms with Gasteiger partial charge < -0.3 is 25.4 Å². The highest BCUT2D eigenvalue weighted by Crippen LogP contribution is 2.36. The Labute approximate surface area is 251 Å². The maximum Gasteiger partial charge on any atom is 0.407 e. The fourth-order valence-electron chi connectivity index (χ4n) is 6.28. The lowest BCUT2D eigenvalue weighted by Gasteiger charge is -2.39. The van der Waals surface area contributed by atoms with E-state index < -0.39 is 51.7 Å². The number of ether oxygens (including phenoxy) is 2. The summed E-state index contributed by atoms with van der Waals surface area (Å²) in [4.78, 5) is 26.4. The largest absolute Gasteiger partial charge is 0.453 e. The molecule has 236 valence electrons. The second-order valence-electron chi connectivity index (χ2n) is 11.2. The summed E-state index contributed by atoms with van der Waals surface area (Å²) in [6.07, 6.45) is 2.05. The van der Waals surface area contributed by atoms with Crippen molar-refractivity contribution in [3.63, 3.8) is 0 Å². The van der Waals surface area contributed by atoms with E-state index in [0.29, 0.717) is 51.1 Å². The van der Waals surface area contributed by atoms with Crippen LogP contribution in [0.3, 0.4) is 0 Å². The lowest BCUT2D eigenvalue weighted by molar-refractivity contribution is -0.119. The number of rotatable bonds is 10. The van der Waals surface area contributed by atoms with Crippen molar-refractivity contribution in [1.82, 2.24) is 14.9 Å². The molecule has 2 aromatic rings. The first-order chi connectivity index (χ1) is 20.5. The molecule has 4 rings (SSSR count). The smallest absolute Gasteiger partial charge is 0.407 e. The van der Waals surface area contributed by atoms with Crippen LogP contribution in [0, 0.1) is 17.6 Å². The average Bonchev–Trinajstić information content (AvgIpc) is 2.97. The molecule has 2 aliphatic heterocycles. The molecule has 0 bridgehead atoms.